The number of ether oxygens (including phenoxy) is 4. The molecule has 2 fully saturated rings. The summed E-state index contributed by atoms with van der Waals surface area (Å²) in [7, 11) is 3.33. The Morgan fingerprint density at radius 1 is 0.872 bits per heavy atom. The number of nitrogens with zero attached hydrogens (tertiary/aromatic N) is 1. The molecule has 0 radical (unpaired) electrons. The molecule has 3 heterocycles. The molecule has 210 valence electrons. The molecular weight excluding hydrogens is 498 g/mol. The summed E-state index contributed by atoms with van der Waals surface area (Å²) in [5.41, 5.74) is 4.03. The van der Waals surface area contributed by atoms with Gasteiger partial charge < -0.3 is 24.1 Å². The van der Waals surface area contributed by atoms with Crippen molar-refractivity contribution in [3.63, 3.8) is 0 Å². The molecule has 0 aliphatic carbocycles. The zero-order valence-corrected chi connectivity index (χ0v) is 23.2. The van der Waals surface area contributed by atoms with Crippen molar-refractivity contribution in [2.24, 2.45) is 0 Å². The maximum absolute atomic E-state index is 12.1. The van der Waals surface area contributed by atoms with Crippen LogP contribution in [0.15, 0.2) is 36.4 Å². The summed E-state index contributed by atoms with van der Waals surface area (Å²) in [6.07, 6.45) is 3.65. The maximum atomic E-state index is 12.1. The standard InChI is InChI=1S/C31H39NO7/c1-18(33)38-23-11-8-20-9-12-28(36-3)24(14-20)25-15-21(10-13-29(25)37-4)27-17-30(39-19(2)34)31(35)26-7-5-6-22(16-23)32(26)27/h9-10,12-15,22-23,26-27,30-31,35H,5-8,11,16-17H2,1-4H3/t22-,23-,26+,27-,30-,31-/m1/s1. The number of hydrogen-bond donors (Lipinski definition) is 1. The molecule has 3 aliphatic rings. The van der Waals surface area contributed by atoms with Gasteiger partial charge in [0, 0.05) is 49.5 Å². The Labute approximate surface area is 230 Å². The summed E-state index contributed by atoms with van der Waals surface area (Å²) < 4.78 is 23.1. The summed E-state index contributed by atoms with van der Waals surface area (Å²) in [6, 6.07) is 12.2. The average molecular weight is 538 g/mol. The van der Waals surface area contributed by atoms with Gasteiger partial charge in [-0.2, -0.15) is 0 Å². The van der Waals surface area contributed by atoms with Crippen molar-refractivity contribution in [3.8, 4) is 22.6 Å². The van der Waals surface area contributed by atoms with Crippen LogP contribution in [0.2, 0.25) is 0 Å². The zero-order chi connectivity index (χ0) is 27.7. The highest BCUT2D eigenvalue weighted by Crippen LogP contribution is 2.46. The lowest BCUT2D eigenvalue weighted by Gasteiger charge is -2.54. The van der Waals surface area contributed by atoms with Crippen molar-refractivity contribution in [2.75, 3.05) is 14.2 Å². The molecule has 6 atom stereocenters. The van der Waals surface area contributed by atoms with E-state index in [0.717, 1.165) is 59.4 Å². The largest absolute Gasteiger partial charge is 0.496 e. The summed E-state index contributed by atoms with van der Waals surface area (Å²) >= 11 is 0. The van der Waals surface area contributed by atoms with Crippen molar-refractivity contribution in [1.29, 1.82) is 0 Å². The van der Waals surface area contributed by atoms with Crippen LogP contribution >= 0.6 is 0 Å². The van der Waals surface area contributed by atoms with E-state index >= 15 is 0 Å². The number of carbonyl (C=O) groups excluding carboxylic acids is 2. The van der Waals surface area contributed by atoms with E-state index < -0.39 is 18.2 Å². The second-order valence-electron chi connectivity index (χ2n) is 11.0. The second-order valence-corrected chi connectivity index (χ2v) is 11.0. The maximum Gasteiger partial charge on any atom is 0.302 e. The number of aryl methyl sites for hydroxylation is 1. The second kappa shape index (κ2) is 11.6. The normalized spacial score (nSPS) is 28.5. The molecule has 2 aromatic carbocycles. The van der Waals surface area contributed by atoms with Crippen molar-refractivity contribution < 1.29 is 33.6 Å². The molecule has 8 nitrogen and oxygen atoms in total. The molecule has 2 aromatic rings. The van der Waals surface area contributed by atoms with Crippen LogP contribution in [0.25, 0.3) is 11.1 Å². The number of methoxy groups -OCH3 is 2. The van der Waals surface area contributed by atoms with E-state index in [0.29, 0.717) is 19.3 Å². The van der Waals surface area contributed by atoms with Gasteiger partial charge >= 0.3 is 11.9 Å². The minimum Gasteiger partial charge on any atom is -0.496 e. The predicted molar refractivity (Wildman–Crippen MR) is 146 cm³/mol. The zero-order valence-electron chi connectivity index (χ0n) is 23.2. The van der Waals surface area contributed by atoms with E-state index in [1.54, 1.807) is 14.2 Å². The lowest BCUT2D eigenvalue weighted by atomic mass is 9.78. The van der Waals surface area contributed by atoms with Crippen LogP contribution in [0.5, 0.6) is 11.5 Å². The Balaban J connectivity index is 1.68. The first kappa shape index (κ1) is 27.5. The van der Waals surface area contributed by atoms with Gasteiger partial charge in [0.15, 0.2) is 0 Å². The van der Waals surface area contributed by atoms with E-state index in [9.17, 15) is 14.7 Å². The topological polar surface area (TPSA) is 94.5 Å². The van der Waals surface area contributed by atoms with Gasteiger partial charge in [0.25, 0.3) is 0 Å². The number of fused-ring (bicyclic) bond motifs is 6. The van der Waals surface area contributed by atoms with Crippen LogP contribution in [0.3, 0.4) is 0 Å². The van der Waals surface area contributed by atoms with Crippen molar-refractivity contribution in [1.82, 2.24) is 4.90 Å². The van der Waals surface area contributed by atoms with Gasteiger partial charge in [-0.05, 0) is 67.5 Å². The first-order chi connectivity index (χ1) is 18.8. The van der Waals surface area contributed by atoms with Crippen LogP contribution in [0.4, 0.5) is 0 Å². The smallest absolute Gasteiger partial charge is 0.302 e. The highest BCUT2D eigenvalue weighted by atomic mass is 16.6. The number of rotatable bonds is 4. The molecule has 4 bridgehead atoms. The first-order valence-electron chi connectivity index (χ1n) is 13.9. The van der Waals surface area contributed by atoms with E-state index in [4.69, 9.17) is 18.9 Å². The van der Waals surface area contributed by atoms with Crippen molar-refractivity contribution >= 4 is 11.9 Å². The van der Waals surface area contributed by atoms with Crippen molar-refractivity contribution in [3.05, 3.63) is 47.5 Å². The van der Waals surface area contributed by atoms with Crippen molar-refractivity contribution in [2.45, 2.75) is 95.2 Å². The van der Waals surface area contributed by atoms with Gasteiger partial charge in [-0.1, -0.05) is 18.6 Å². The fourth-order valence-corrected chi connectivity index (χ4v) is 6.93. The third-order valence-corrected chi connectivity index (χ3v) is 8.53. The number of aliphatic hydroxyl groups excluding tert-OH is 1. The molecule has 2 saturated heterocycles. The van der Waals surface area contributed by atoms with Gasteiger partial charge in [0.2, 0.25) is 0 Å². The molecule has 5 rings (SSSR count). The Bertz CT molecular complexity index is 1210. The predicted octanol–water partition coefficient (Wildman–Crippen LogP) is 4.60. The molecule has 8 heteroatoms. The lowest BCUT2D eigenvalue weighted by Crippen LogP contribution is -2.61. The Hall–Kier alpha value is -3.10. The molecule has 3 aliphatic heterocycles. The van der Waals surface area contributed by atoms with Crippen LogP contribution in [-0.2, 0) is 25.5 Å². The number of esters is 2. The number of benzene rings is 2. The Morgan fingerprint density at radius 2 is 1.56 bits per heavy atom. The van der Waals surface area contributed by atoms with E-state index in [-0.39, 0.29) is 30.2 Å². The summed E-state index contributed by atoms with van der Waals surface area (Å²) in [5, 5.41) is 11.4. The first-order valence-corrected chi connectivity index (χ1v) is 13.9. The summed E-state index contributed by atoms with van der Waals surface area (Å²) in [4.78, 5) is 26.5. The summed E-state index contributed by atoms with van der Waals surface area (Å²) in [6.45, 7) is 2.85. The Morgan fingerprint density at radius 3 is 2.26 bits per heavy atom. The molecule has 0 amide bonds. The minimum atomic E-state index is -0.788. The molecule has 0 aromatic heterocycles. The highest BCUT2D eigenvalue weighted by Gasteiger charge is 2.49. The number of aliphatic hydroxyl groups is 1. The van der Waals surface area contributed by atoms with Crippen LogP contribution in [0, 0.1) is 0 Å². The number of piperidine rings is 2. The summed E-state index contributed by atoms with van der Waals surface area (Å²) in [5.74, 6) is 0.803. The Kier molecular flexibility index (Phi) is 8.14. The molecule has 0 unspecified atom stereocenters. The molecule has 39 heavy (non-hydrogen) atoms. The van der Waals surface area contributed by atoms with E-state index in [1.807, 2.05) is 12.1 Å². The van der Waals surface area contributed by atoms with Gasteiger partial charge in [-0.3, -0.25) is 14.5 Å². The van der Waals surface area contributed by atoms with Crippen LogP contribution in [0.1, 0.15) is 69.5 Å². The third kappa shape index (κ3) is 5.63. The number of hydrogen-bond acceptors (Lipinski definition) is 8. The average Bonchev–Trinajstić information content (AvgIpc) is 2.92. The third-order valence-electron chi connectivity index (χ3n) is 8.53. The molecule has 0 spiro atoms. The van der Waals surface area contributed by atoms with E-state index in [1.165, 1.54) is 13.8 Å². The van der Waals surface area contributed by atoms with Gasteiger partial charge in [0.05, 0.1) is 14.2 Å². The SMILES string of the molecule is COc1ccc2cc1-c1cc(ccc1OC)[C@H]1C[C@@H](OC(C)=O)[C@H](O)[C@@H]3CCC[C@H](C[C@H](OC(C)=O)CC2)N13. The molecule has 1 N–H and O–H groups in total. The van der Waals surface area contributed by atoms with E-state index in [2.05, 4.69) is 29.2 Å². The monoisotopic (exact) mass is 537 g/mol. The number of carbonyl (C=O) groups is 2. The van der Waals surface area contributed by atoms with Crippen LogP contribution < -0.4 is 9.47 Å². The fourth-order valence-electron chi connectivity index (χ4n) is 6.93. The molecular formula is C31H39NO7. The van der Waals surface area contributed by atoms with Gasteiger partial charge in [0.1, 0.15) is 29.8 Å². The highest BCUT2D eigenvalue weighted by molar-refractivity contribution is 5.77. The lowest BCUT2D eigenvalue weighted by molar-refractivity contribution is -0.175. The van der Waals surface area contributed by atoms with Gasteiger partial charge in [-0.25, -0.2) is 0 Å². The van der Waals surface area contributed by atoms with Crippen LogP contribution in [-0.4, -0.2) is 66.6 Å². The fraction of sp³-hybridized carbons (Fsp3) is 0.548. The molecule has 0 saturated carbocycles. The quantitative estimate of drug-likeness (QED) is 0.566. The van der Waals surface area contributed by atoms with Gasteiger partial charge in [-0.15, -0.1) is 0 Å². The minimum absolute atomic E-state index is 0.106.